The number of amides is 2. The van der Waals surface area contributed by atoms with Gasteiger partial charge < -0.3 is 5.11 Å². The molecule has 7 nitrogen and oxygen atoms in total. The topological polar surface area (TPSA) is 104 Å². The molecule has 4 aromatic rings. The first-order chi connectivity index (χ1) is 18.1. The third-order valence-electron chi connectivity index (χ3n) is 5.98. The van der Waals surface area contributed by atoms with E-state index < -0.39 is 50.3 Å². The average molecular weight is 539 g/mol. The van der Waals surface area contributed by atoms with E-state index in [0.717, 1.165) is 16.8 Å². The average Bonchev–Trinajstić information content (AvgIpc) is 3.14. The molecule has 4 aromatic carbocycles. The molecule has 2 N–H and O–H groups in total. The number of rotatable bonds is 5. The molecule has 5 rings (SSSR count). The van der Waals surface area contributed by atoms with Gasteiger partial charge in [0.1, 0.15) is 10.7 Å². The van der Waals surface area contributed by atoms with Crippen LogP contribution in [0.25, 0.3) is 16.8 Å². The lowest BCUT2D eigenvalue weighted by molar-refractivity contribution is -0.125. The summed E-state index contributed by atoms with van der Waals surface area (Å²) in [5, 5.41) is 12.4. The van der Waals surface area contributed by atoms with Crippen LogP contribution in [0, 0.1) is 17.5 Å². The zero-order valence-corrected chi connectivity index (χ0v) is 20.0. The second kappa shape index (κ2) is 9.43. The number of hydrogen-bond acceptors (Lipinski definition) is 5. The van der Waals surface area contributed by atoms with Crippen molar-refractivity contribution in [1.82, 2.24) is 4.72 Å². The highest BCUT2D eigenvalue weighted by Crippen LogP contribution is 2.44. The fraction of sp³-hybridized carbons (Fsp3) is 0.0370. The molecule has 0 aliphatic carbocycles. The van der Waals surface area contributed by atoms with E-state index in [9.17, 15) is 36.3 Å². The number of sulfonamides is 1. The van der Waals surface area contributed by atoms with Gasteiger partial charge >= 0.3 is 0 Å². The number of nitrogens with zero attached hydrogens (tertiary/aromatic N) is 1. The molecule has 0 saturated carbocycles. The van der Waals surface area contributed by atoms with Gasteiger partial charge in [-0.15, -0.1) is 0 Å². The number of carbonyl (C=O) groups is 2. The third kappa shape index (κ3) is 4.42. The molecule has 1 aliphatic rings. The van der Waals surface area contributed by atoms with E-state index in [1.165, 1.54) is 11.0 Å². The van der Waals surface area contributed by atoms with Gasteiger partial charge in [-0.25, -0.2) is 26.3 Å². The van der Waals surface area contributed by atoms with Crippen molar-refractivity contribution >= 4 is 50.1 Å². The van der Waals surface area contributed by atoms with Gasteiger partial charge in [-0.05, 0) is 34.5 Å². The molecule has 0 radical (unpaired) electrons. The van der Waals surface area contributed by atoms with Crippen molar-refractivity contribution in [3.63, 3.8) is 0 Å². The van der Waals surface area contributed by atoms with Crippen molar-refractivity contribution in [3.8, 4) is 0 Å². The molecule has 0 saturated heterocycles. The molecule has 192 valence electrons. The summed E-state index contributed by atoms with van der Waals surface area (Å²) in [6.07, 6.45) is 0.568. The van der Waals surface area contributed by atoms with Gasteiger partial charge in [-0.2, -0.15) is 0 Å². The first-order valence-corrected chi connectivity index (χ1v) is 12.6. The van der Waals surface area contributed by atoms with Gasteiger partial charge in [-0.1, -0.05) is 48.5 Å². The van der Waals surface area contributed by atoms with Crippen LogP contribution >= 0.6 is 0 Å². The Bertz CT molecular complexity index is 1770. The minimum atomic E-state index is -4.87. The molecule has 1 unspecified atom stereocenters. The van der Waals surface area contributed by atoms with Crippen molar-refractivity contribution < 1.29 is 36.3 Å². The standard InChI is InChI=1S/C27H17F3N2O5S/c28-20-13-22(30)23(14-21(20)29)38(36,37)31-24(33)11-9-16-6-3-7-19-25(16)32(27(35)26(19)34)18-10-8-15-4-1-2-5-17(15)12-18/h1-14,26,34H,(H,31,33)/b11-9+. The quantitative estimate of drug-likeness (QED) is 0.288. The molecule has 0 aromatic heterocycles. The smallest absolute Gasteiger partial charge is 0.267 e. The van der Waals surface area contributed by atoms with Crippen molar-refractivity contribution in [1.29, 1.82) is 0 Å². The van der Waals surface area contributed by atoms with E-state index in [0.29, 0.717) is 16.9 Å². The predicted octanol–water partition coefficient (Wildman–Crippen LogP) is 4.49. The second-order valence-corrected chi connectivity index (χ2v) is 10.0. The minimum Gasteiger partial charge on any atom is -0.378 e. The van der Waals surface area contributed by atoms with E-state index in [1.54, 1.807) is 35.1 Å². The molecular weight excluding hydrogens is 521 g/mol. The van der Waals surface area contributed by atoms with Crippen LogP contribution in [0.15, 0.2) is 83.8 Å². The Hall–Kier alpha value is -4.48. The van der Waals surface area contributed by atoms with Crippen molar-refractivity contribution in [2.45, 2.75) is 11.0 Å². The summed E-state index contributed by atoms with van der Waals surface area (Å²) >= 11 is 0. The first kappa shape index (κ1) is 25.2. The SMILES string of the molecule is O=C(/C=C/c1cccc2c1N(c1ccc3ccccc3c1)C(=O)C2O)NS(=O)(=O)c1cc(F)c(F)cc1F. The number of carbonyl (C=O) groups excluding carboxylic acids is 2. The highest BCUT2D eigenvalue weighted by molar-refractivity contribution is 7.90. The monoisotopic (exact) mass is 538 g/mol. The number of aliphatic hydroxyl groups excluding tert-OH is 1. The number of hydrogen-bond donors (Lipinski definition) is 2. The van der Waals surface area contributed by atoms with Crippen molar-refractivity contribution in [2.24, 2.45) is 0 Å². The summed E-state index contributed by atoms with van der Waals surface area (Å²) in [5.41, 5.74) is 1.33. The fourth-order valence-corrected chi connectivity index (χ4v) is 5.25. The maximum absolute atomic E-state index is 13.9. The number of aliphatic hydroxyl groups is 1. The number of nitrogens with one attached hydrogen (secondary N) is 1. The Balaban J connectivity index is 1.47. The Labute approximate surface area is 214 Å². The summed E-state index contributed by atoms with van der Waals surface area (Å²) in [6, 6.07) is 17.6. The molecule has 0 bridgehead atoms. The zero-order chi connectivity index (χ0) is 27.2. The third-order valence-corrected chi connectivity index (χ3v) is 7.34. The molecule has 1 aliphatic heterocycles. The second-order valence-electron chi connectivity index (χ2n) is 8.39. The molecule has 0 spiro atoms. The van der Waals surface area contributed by atoms with Gasteiger partial charge in [0.05, 0.1) is 5.69 Å². The van der Waals surface area contributed by atoms with Crippen LogP contribution < -0.4 is 9.62 Å². The van der Waals surface area contributed by atoms with Gasteiger partial charge in [0, 0.05) is 29.5 Å². The summed E-state index contributed by atoms with van der Waals surface area (Å²) in [7, 11) is -4.87. The van der Waals surface area contributed by atoms with Crippen LogP contribution in [-0.4, -0.2) is 25.3 Å². The van der Waals surface area contributed by atoms with E-state index in [4.69, 9.17) is 0 Å². The van der Waals surface area contributed by atoms with Crippen LogP contribution in [0.5, 0.6) is 0 Å². The lowest BCUT2D eigenvalue weighted by Crippen LogP contribution is -2.30. The van der Waals surface area contributed by atoms with Crippen LogP contribution in [-0.2, 0) is 19.6 Å². The van der Waals surface area contributed by atoms with Gasteiger partial charge in [0.15, 0.2) is 17.7 Å². The number of anilines is 2. The van der Waals surface area contributed by atoms with Crippen LogP contribution in [0.3, 0.4) is 0 Å². The Kier molecular flexibility index (Phi) is 6.25. The molecule has 0 fully saturated rings. The van der Waals surface area contributed by atoms with E-state index in [-0.39, 0.29) is 17.7 Å². The van der Waals surface area contributed by atoms with Gasteiger partial charge in [0.25, 0.3) is 21.8 Å². The van der Waals surface area contributed by atoms with Crippen LogP contribution in [0.4, 0.5) is 24.5 Å². The fourth-order valence-electron chi connectivity index (χ4n) is 4.23. The van der Waals surface area contributed by atoms with Crippen molar-refractivity contribution in [3.05, 3.63) is 107 Å². The summed E-state index contributed by atoms with van der Waals surface area (Å²) in [6.45, 7) is 0. The van der Waals surface area contributed by atoms with E-state index in [1.807, 2.05) is 30.3 Å². The van der Waals surface area contributed by atoms with Gasteiger partial charge in [0.2, 0.25) is 0 Å². The summed E-state index contributed by atoms with van der Waals surface area (Å²) < 4.78 is 66.9. The normalized spacial score (nSPS) is 15.3. The maximum atomic E-state index is 13.9. The molecular formula is C27H17F3N2O5S. The van der Waals surface area contributed by atoms with Crippen LogP contribution in [0.1, 0.15) is 17.2 Å². The van der Waals surface area contributed by atoms with Crippen LogP contribution in [0.2, 0.25) is 0 Å². The first-order valence-electron chi connectivity index (χ1n) is 11.1. The van der Waals surface area contributed by atoms with Crippen molar-refractivity contribution in [2.75, 3.05) is 4.90 Å². The van der Waals surface area contributed by atoms with E-state index in [2.05, 4.69) is 0 Å². The number of benzene rings is 4. The Morgan fingerprint density at radius 3 is 2.37 bits per heavy atom. The highest BCUT2D eigenvalue weighted by atomic mass is 32.2. The molecule has 2 amide bonds. The lowest BCUT2D eigenvalue weighted by Gasteiger charge is -2.20. The van der Waals surface area contributed by atoms with E-state index >= 15 is 0 Å². The highest BCUT2D eigenvalue weighted by Gasteiger charge is 2.38. The molecule has 1 atom stereocenters. The van der Waals surface area contributed by atoms with Gasteiger partial charge in [-0.3, -0.25) is 14.5 Å². The predicted molar refractivity (Wildman–Crippen MR) is 133 cm³/mol. The molecule has 38 heavy (non-hydrogen) atoms. The molecule has 1 heterocycles. The summed E-state index contributed by atoms with van der Waals surface area (Å²) in [5.74, 6) is -6.59. The Morgan fingerprint density at radius 2 is 1.61 bits per heavy atom. The Morgan fingerprint density at radius 1 is 0.895 bits per heavy atom. The number of fused-ring (bicyclic) bond motifs is 2. The maximum Gasteiger partial charge on any atom is 0.267 e. The number of para-hydroxylation sites is 1. The lowest BCUT2D eigenvalue weighted by atomic mass is 10.0. The number of halogens is 3. The minimum absolute atomic E-state index is 0.0567. The zero-order valence-electron chi connectivity index (χ0n) is 19.2. The summed E-state index contributed by atoms with van der Waals surface area (Å²) in [4.78, 5) is 25.5. The molecule has 11 heteroatoms. The largest absolute Gasteiger partial charge is 0.378 e.